The number of amides is 1. The summed E-state index contributed by atoms with van der Waals surface area (Å²) in [5.74, 6) is 2.26. The summed E-state index contributed by atoms with van der Waals surface area (Å²) in [6.45, 7) is 10.00. The van der Waals surface area contributed by atoms with Gasteiger partial charge in [-0.2, -0.15) is 0 Å². The van der Waals surface area contributed by atoms with Crippen molar-refractivity contribution in [3.63, 3.8) is 0 Å². The highest BCUT2D eigenvalue weighted by molar-refractivity contribution is 14.0. The predicted octanol–water partition coefficient (Wildman–Crippen LogP) is 3.77. The molecule has 0 radical (unpaired) electrons. The number of aromatic nitrogens is 1. The number of nitrogens with zero attached hydrogens (tertiary/aromatic N) is 2. The Bertz CT molecular complexity index is 857. The van der Waals surface area contributed by atoms with Crippen molar-refractivity contribution >= 4 is 41.5 Å². The Morgan fingerprint density at radius 3 is 2.76 bits per heavy atom. The minimum atomic E-state index is -0.0767. The van der Waals surface area contributed by atoms with E-state index in [0.29, 0.717) is 31.4 Å². The number of aliphatic imine (C=N–C) groups is 1. The Labute approximate surface area is 189 Å². The Morgan fingerprint density at radius 2 is 2.07 bits per heavy atom. The Morgan fingerprint density at radius 1 is 1.31 bits per heavy atom. The van der Waals surface area contributed by atoms with Crippen LogP contribution in [0.1, 0.15) is 57.2 Å². The number of carbonyl (C=O) groups excluding carboxylic acids is 1. The third-order valence-corrected chi connectivity index (χ3v) is 4.63. The highest BCUT2D eigenvalue weighted by atomic mass is 127. The molecule has 0 saturated heterocycles. The summed E-state index contributed by atoms with van der Waals surface area (Å²) < 4.78 is 5.80. The van der Waals surface area contributed by atoms with E-state index in [4.69, 9.17) is 4.42 Å². The normalized spacial score (nSPS) is 16.5. The maximum Gasteiger partial charge on any atom is 0.225 e. The summed E-state index contributed by atoms with van der Waals surface area (Å²) in [6, 6.07) is 7.93. The fraction of sp³-hybridized carbons (Fsp3) is 0.476. The number of oxazole rings is 1. The van der Waals surface area contributed by atoms with Crippen LogP contribution in [0.25, 0.3) is 0 Å². The molecular formula is C21H30IN5O2. The van der Waals surface area contributed by atoms with Gasteiger partial charge in [0.1, 0.15) is 12.3 Å². The van der Waals surface area contributed by atoms with E-state index in [1.54, 1.807) is 6.20 Å². The molecule has 8 heteroatoms. The van der Waals surface area contributed by atoms with E-state index in [1.165, 1.54) is 0 Å². The van der Waals surface area contributed by atoms with E-state index in [1.807, 2.05) is 25.1 Å². The minimum absolute atomic E-state index is 0. The largest absolute Gasteiger partial charge is 0.443 e. The Kier molecular flexibility index (Phi) is 8.06. The van der Waals surface area contributed by atoms with Gasteiger partial charge in [0.15, 0.2) is 5.96 Å². The first kappa shape index (κ1) is 23.2. The number of hydrogen-bond donors (Lipinski definition) is 3. The van der Waals surface area contributed by atoms with Gasteiger partial charge in [-0.25, -0.2) is 9.98 Å². The molecule has 1 unspecified atom stereocenters. The van der Waals surface area contributed by atoms with Crippen LogP contribution in [-0.2, 0) is 16.8 Å². The topological polar surface area (TPSA) is 91.6 Å². The molecule has 1 aliphatic rings. The molecule has 0 aliphatic carbocycles. The van der Waals surface area contributed by atoms with Crippen LogP contribution in [0.3, 0.4) is 0 Å². The number of nitrogens with one attached hydrogen (secondary N) is 3. The lowest BCUT2D eigenvalue weighted by Gasteiger charge is -2.26. The van der Waals surface area contributed by atoms with Gasteiger partial charge in [0.2, 0.25) is 11.8 Å². The predicted molar refractivity (Wildman–Crippen MR) is 126 cm³/mol. The van der Waals surface area contributed by atoms with Gasteiger partial charge in [-0.3, -0.25) is 4.79 Å². The molecule has 1 amide bonds. The molecule has 0 spiro atoms. The lowest BCUT2D eigenvalue weighted by atomic mass is 9.90. The smallest absolute Gasteiger partial charge is 0.225 e. The van der Waals surface area contributed by atoms with Crippen molar-refractivity contribution in [2.45, 2.75) is 52.0 Å². The first-order valence-electron chi connectivity index (χ1n) is 9.73. The van der Waals surface area contributed by atoms with E-state index in [2.05, 4.69) is 52.8 Å². The molecule has 1 aromatic heterocycles. The SMILES string of the molecule is CCNC(=NCc1ncc(C(C)(C)C)o1)NCC1CC(=O)Nc2ccccc21.I. The van der Waals surface area contributed by atoms with E-state index < -0.39 is 0 Å². The van der Waals surface area contributed by atoms with Gasteiger partial charge in [0, 0.05) is 36.5 Å². The summed E-state index contributed by atoms with van der Waals surface area (Å²) in [7, 11) is 0. The molecule has 1 atom stereocenters. The van der Waals surface area contributed by atoms with Crippen molar-refractivity contribution in [2.24, 2.45) is 4.99 Å². The van der Waals surface area contributed by atoms with E-state index >= 15 is 0 Å². The maximum absolute atomic E-state index is 12.0. The van der Waals surface area contributed by atoms with Crippen LogP contribution in [0.15, 0.2) is 39.9 Å². The average Bonchev–Trinajstić information content (AvgIpc) is 3.13. The summed E-state index contributed by atoms with van der Waals surface area (Å²) in [4.78, 5) is 20.9. The highest BCUT2D eigenvalue weighted by Gasteiger charge is 2.25. The first-order valence-corrected chi connectivity index (χ1v) is 9.73. The van der Waals surface area contributed by atoms with Gasteiger partial charge in [-0.05, 0) is 18.6 Å². The molecule has 2 aromatic rings. The van der Waals surface area contributed by atoms with Crippen molar-refractivity contribution in [2.75, 3.05) is 18.4 Å². The van der Waals surface area contributed by atoms with Gasteiger partial charge in [0.25, 0.3) is 0 Å². The van der Waals surface area contributed by atoms with Crippen molar-refractivity contribution in [3.05, 3.63) is 47.7 Å². The van der Waals surface area contributed by atoms with E-state index in [0.717, 1.165) is 23.6 Å². The number of fused-ring (bicyclic) bond motifs is 1. The lowest BCUT2D eigenvalue weighted by molar-refractivity contribution is -0.116. The first-order chi connectivity index (χ1) is 13.4. The van der Waals surface area contributed by atoms with Gasteiger partial charge in [-0.1, -0.05) is 39.0 Å². The quantitative estimate of drug-likeness (QED) is 0.323. The third kappa shape index (κ3) is 6.19. The fourth-order valence-corrected chi connectivity index (χ4v) is 3.12. The molecule has 0 saturated carbocycles. The molecule has 1 aliphatic heterocycles. The molecule has 3 rings (SSSR count). The number of carbonyl (C=O) groups is 1. The number of anilines is 1. The molecule has 3 N–H and O–H groups in total. The summed E-state index contributed by atoms with van der Waals surface area (Å²) >= 11 is 0. The van der Waals surface area contributed by atoms with Crippen LogP contribution in [0.5, 0.6) is 0 Å². The third-order valence-electron chi connectivity index (χ3n) is 4.63. The van der Waals surface area contributed by atoms with Crippen LogP contribution in [0.4, 0.5) is 5.69 Å². The molecule has 0 fully saturated rings. The maximum atomic E-state index is 12.0. The van der Waals surface area contributed by atoms with Gasteiger partial charge in [0.05, 0.1) is 6.20 Å². The van der Waals surface area contributed by atoms with E-state index in [-0.39, 0.29) is 41.2 Å². The molecule has 0 bridgehead atoms. The fourth-order valence-electron chi connectivity index (χ4n) is 3.12. The zero-order valence-electron chi connectivity index (χ0n) is 17.4. The number of para-hydroxylation sites is 1. The van der Waals surface area contributed by atoms with Crippen molar-refractivity contribution in [3.8, 4) is 0 Å². The molecule has 29 heavy (non-hydrogen) atoms. The van der Waals surface area contributed by atoms with Crippen molar-refractivity contribution in [1.82, 2.24) is 15.6 Å². The molecule has 158 valence electrons. The van der Waals surface area contributed by atoms with Crippen LogP contribution in [0.2, 0.25) is 0 Å². The number of guanidine groups is 1. The second-order valence-electron chi connectivity index (χ2n) is 7.98. The van der Waals surface area contributed by atoms with Crippen LogP contribution < -0.4 is 16.0 Å². The Hall–Kier alpha value is -2.10. The van der Waals surface area contributed by atoms with Crippen LogP contribution in [0, 0.1) is 0 Å². The lowest BCUT2D eigenvalue weighted by Crippen LogP contribution is -2.40. The van der Waals surface area contributed by atoms with Gasteiger partial charge < -0.3 is 20.4 Å². The number of hydrogen-bond acceptors (Lipinski definition) is 4. The molecular weight excluding hydrogens is 481 g/mol. The van der Waals surface area contributed by atoms with Crippen LogP contribution in [-0.4, -0.2) is 29.9 Å². The van der Waals surface area contributed by atoms with Gasteiger partial charge >= 0.3 is 0 Å². The molecule has 1 aromatic carbocycles. The average molecular weight is 511 g/mol. The number of rotatable bonds is 5. The summed E-state index contributed by atoms with van der Waals surface area (Å²) in [5, 5.41) is 9.51. The second-order valence-corrected chi connectivity index (χ2v) is 7.98. The standard InChI is InChI=1S/C21H29N5O2.HI/c1-5-22-20(25-13-19-23-12-17(28-19)21(2,3)4)24-11-14-10-18(27)26-16-9-7-6-8-15(14)16;/h6-9,12,14H,5,10-11,13H2,1-4H3,(H,26,27)(H2,22,24,25);1H. The molecule has 7 nitrogen and oxygen atoms in total. The van der Waals surface area contributed by atoms with Gasteiger partial charge in [-0.15, -0.1) is 24.0 Å². The summed E-state index contributed by atoms with van der Waals surface area (Å²) in [5.41, 5.74) is 1.96. The molecule has 2 heterocycles. The highest BCUT2D eigenvalue weighted by Crippen LogP contribution is 2.31. The van der Waals surface area contributed by atoms with Crippen molar-refractivity contribution in [1.29, 1.82) is 0 Å². The zero-order valence-corrected chi connectivity index (χ0v) is 19.7. The zero-order chi connectivity index (χ0) is 20.1. The second kappa shape index (κ2) is 10.1. The van der Waals surface area contributed by atoms with Crippen molar-refractivity contribution < 1.29 is 9.21 Å². The minimum Gasteiger partial charge on any atom is -0.443 e. The Balaban J connectivity index is 0.00000300. The number of halogens is 1. The summed E-state index contributed by atoms with van der Waals surface area (Å²) in [6.07, 6.45) is 2.22. The number of benzene rings is 1. The monoisotopic (exact) mass is 511 g/mol. The van der Waals surface area contributed by atoms with Crippen LogP contribution >= 0.6 is 24.0 Å². The van der Waals surface area contributed by atoms with E-state index in [9.17, 15) is 4.79 Å².